The van der Waals surface area contributed by atoms with Gasteiger partial charge in [-0.3, -0.25) is 0 Å². The highest BCUT2D eigenvalue weighted by Crippen LogP contribution is 2.24. The van der Waals surface area contributed by atoms with Crippen LogP contribution in [0.25, 0.3) is 0 Å². The van der Waals surface area contributed by atoms with Gasteiger partial charge in [-0.05, 0) is 45.7 Å². The number of hydrogen-bond acceptors (Lipinski definition) is 4. The molecule has 1 fully saturated rings. The Kier molecular flexibility index (Phi) is 5.64. The zero-order chi connectivity index (χ0) is 14.5. The van der Waals surface area contributed by atoms with Crippen LogP contribution >= 0.6 is 11.6 Å². The average Bonchev–Trinajstić information content (AvgIpc) is 2.38. The molecule has 4 nitrogen and oxygen atoms in total. The monoisotopic (exact) mass is 298 g/mol. The summed E-state index contributed by atoms with van der Waals surface area (Å²) in [4.78, 5) is 4.49. The van der Waals surface area contributed by atoms with Crippen molar-refractivity contribution in [3.8, 4) is 0 Å². The van der Waals surface area contributed by atoms with Crippen molar-refractivity contribution >= 4 is 17.4 Å². The highest BCUT2D eigenvalue weighted by molar-refractivity contribution is 6.31. The lowest BCUT2D eigenvalue weighted by Crippen LogP contribution is -2.34. The second-order valence-electron chi connectivity index (χ2n) is 5.32. The van der Waals surface area contributed by atoms with Gasteiger partial charge in [0.1, 0.15) is 5.82 Å². The van der Waals surface area contributed by atoms with Crippen LogP contribution in [0.1, 0.15) is 39.3 Å². The minimum atomic E-state index is 0.217. The minimum Gasteiger partial charge on any atom is -0.375 e. The lowest BCUT2D eigenvalue weighted by atomic mass is 10.0. The van der Waals surface area contributed by atoms with E-state index in [0.29, 0.717) is 11.6 Å². The molecule has 1 N–H and O–H groups in total. The number of nitrogens with zero attached hydrogens (tertiary/aromatic N) is 1. The summed E-state index contributed by atoms with van der Waals surface area (Å²) in [5, 5.41) is 3.83. The van der Waals surface area contributed by atoms with E-state index in [4.69, 9.17) is 21.1 Å². The van der Waals surface area contributed by atoms with Crippen molar-refractivity contribution in [3.63, 3.8) is 0 Å². The summed E-state index contributed by atoms with van der Waals surface area (Å²) in [6.07, 6.45) is 2.57. The Labute approximate surface area is 125 Å². The number of nitrogens with one attached hydrogen (secondary N) is 1. The third-order valence-corrected chi connectivity index (χ3v) is 3.73. The molecule has 0 aliphatic carbocycles. The number of anilines is 1. The second-order valence-corrected chi connectivity index (χ2v) is 5.72. The SMILES string of the molecule is CCNc1ccc(Cl)c(COC2CC(C)OC(C)C2)n1. The molecule has 1 aromatic heterocycles. The summed E-state index contributed by atoms with van der Waals surface area (Å²) in [5.74, 6) is 0.837. The summed E-state index contributed by atoms with van der Waals surface area (Å²) >= 11 is 6.18. The van der Waals surface area contributed by atoms with Crippen molar-refractivity contribution in [2.75, 3.05) is 11.9 Å². The largest absolute Gasteiger partial charge is 0.375 e. The van der Waals surface area contributed by atoms with Gasteiger partial charge in [-0.25, -0.2) is 4.98 Å². The molecule has 0 radical (unpaired) electrons. The van der Waals surface area contributed by atoms with E-state index in [0.717, 1.165) is 30.9 Å². The van der Waals surface area contributed by atoms with Gasteiger partial charge < -0.3 is 14.8 Å². The Morgan fingerprint density at radius 3 is 2.70 bits per heavy atom. The van der Waals surface area contributed by atoms with Crippen LogP contribution in [-0.4, -0.2) is 29.8 Å². The molecule has 20 heavy (non-hydrogen) atoms. The fourth-order valence-corrected chi connectivity index (χ4v) is 2.70. The van der Waals surface area contributed by atoms with E-state index in [1.54, 1.807) is 0 Å². The number of rotatable bonds is 5. The van der Waals surface area contributed by atoms with Crippen molar-refractivity contribution in [2.45, 2.75) is 58.5 Å². The Morgan fingerprint density at radius 1 is 1.35 bits per heavy atom. The van der Waals surface area contributed by atoms with Gasteiger partial charge in [-0.15, -0.1) is 0 Å². The standard InChI is InChI=1S/C15H23ClN2O2/c1-4-17-15-6-5-13(16)14(18-15)9-19-12-7-10(2)20-11(3)8-12/h5-6,10-12H,4,7-9H2,1-3H3,(H,17,18). The van der Waals surface area contributed by atoms with Gasteiger partial charge in [0.05, 0.1) is 35.6 Å². The Morgan fingerprint density at radius 2 is 2.05 bits per heavy atom. The van der Waals surface area contributed by atoms with Gasteiger partial charge in [0.25, 0.3) is 0 Å². The number of ether oxygens (including phenoxy) is 2. The molecule has 112 valence electrons. The second kappa shape index (κ2) is 7.25. The zero-order valence-corrected chi connectivity index (χ0v) is 13.1. The maximum atomic E-state index is 6.18. The van der Waals surface area contributed by atoms with Crippen molar-refractivity contribution in [1.29, 1.82) is 0 Å². The molecule has 2 rings (SSSR count). The molecule has 5 heteroatoms. The normalized spacial score (nSPS) is 26.5. The number of hydrogen-bond donors (Lipinski definition) is 1. The van der Waals surface area contributed by atoms with E-state index < -0.39 is 0 Å². The van der Waals surface area contributed by atoms with Crippen LogP contribution in [0, 0.1) is 0 Å². The molecular weight excluding hydrogens is 276 g/mol. The Hall–Kier alpha value is -0.840. The predicted molar refractivity (Wildman–Crippen MR) is 81.2 cm³/mol. The van der Waals surface area contributed by atoms with Crippen LogP contribution in [0.5, 0.6) is 0 Å². The third-order valence-electron chi connectivity index (χ3n) is 3.39. The predicted octanol–water partition coefficient (Wildman–Crippen LogP) is 3.64. The van der Waals surface area contributed by atoms with Crippen LogP contribution < -0.4 is 5.32 Å². The van der Waals surface area contributed by atoms with Crippen LogP contribution in [-0.2, 0) is 16.1 Å². The molecule has 1 aliphatic heterocycles. The molecule has 0 spiro atoms. The Bertz CT molecular complexity index is 432. The van der Waals surface area contributed by atoms with E-state index >= 15 is 0 Å². The van der Waals surface area contributed by atoms with Crippen molar-refractivity contribution in [3.05, 3.63) is 22.8 Å². The first kappa shape index (κ1) is 15.5. The molecule has 0 saturated carbocycles. The maximum Gasteiger partial charge on any atom is 0.126 e. The van der Waals surface area contributed by atoms with Crippen LogP contribution in [0.2, 0.25) is 5.02 Å². The van der Waals surface area contributed by atoms with Crippen molar-refractivity contribution < 1.29 is 9.47 Å². The van der Waals surface area contributed by atoms with Crippen LogP contribution in [0.15, 0.2) is 12.1 Å². The van der Waals surface area contributed by atoms with Crippen LogP contribution in [0.4, 0.5) is 5.82 Å². The smallest absolute Gasteiger partial charge is 0.126 e. The fourth-order valence-electron chi connectivity index (χ4n) is 2.54. The first-order chi connectivity index (χ1) is 9.58. The van der Waals surface area contributed by atoms with Gasteiger partial charge in [0.15, 0.2) is 0 Å². The Balaban J connectivity index is 1.94. The molecule has 2 unspecified atom stereocenters. The minimum absolute atomic E-state index is 0.217. The highest BCUT2D eigenvalue weighted by atomic mass is 35.5. The first-order valence-corrected chi connectivity index (χ1v) is 7.62. The van der Waals surface area contributed by atoms with Gasteiger partial charge in [0.2, 0.25) is 0 Å². The molecule has 1 saturated heterocycles. The van der Waals surface area contributed by atoms with Crippen molar-refractivity contribution in [1.82, 2.24) is 4.98 Å². The fraction of sp³-hybridized carbons (Fsp3) is 0.667. The van der Waals surface area contributed by atoms with Crippen LogP contribution in [0.3, 0.4) is 0 Å². The molecule has 0 aromatic carbocycles. The number of pyridine rings is 1. The summed E-state index contributed by atoms with van der Waals surface area (Å²) in [5.41, 5.74) is 0.789. The molecule has 2 heterocycles. The highest BCUT2D eigenvalue weighted by Gasteiger charge is 2.25. The lowest BCUT2D eigenvalue weighted by molar-refractivity contribution is -0.106. The van der Waals surface area contributed by atoms with Gasteiger partial charge in [0, 0.05) is 6.54 Å². The summed E-state index contributed by atoms with van der Waals surface area (Å²) in [6.45, 7) is 7.50. The number of aromatic nitrogens is 1. The first-order valence-electron chi connectivity index (χ1n) is 7.24. The summed E-state index contributed by atoms with van der Waals surface area (Å²) in [7, 11) is 0. The zero-order valence-electron chi connectivity index (χ0n) is 12.4. The van der Waals surface area contributed by atoms with E-state index in [1.165, 1.54) is 0 Å². The lowest BCUT2D eigenvalue weighted by Gasteiger charge is -2.32. The quantitative estimate of drug-likeness (QED) is 0.901. The van der Waals surface area contributed by atoms with E-state index in [2.05, 4.69) is 24.1 Å². The molecule has 0 amide bonds. The third kappa shape index (κ3) is 4.33. The summed E-state index contributed by atoms with van der Waals surface area (Å²) < 4.78 is 11.7. The van der Waals surface area contributed by atoms with Gasteiger partial charge >= 0.3 is 0 Å². The molecule has 1 aromatic rings. The van der Waals surface area contributed by atoms with Crippen molar-refractivity contribution in [2.24, 2.45) is 0 Å². The molecular formula is C15H23ClN2O2. The van der Waals surface area contributed by atoms with E-state index in [1.807, 2.05) is 19.1 Å². The maximum absolute atomic E-state index is 6.18. The summed E-state index contributed by atoms with van der Waals surface area (Å²) in [6, 6.07) is 3.74. The van der Waals surface area contributed by atoms with Gasteiger partial charge in [-0.1, -0.05) is 11.6 Å². The molecule has 1 aliphatic rings. The van der Waals surface area contributed by atoms with E-state index in [-0.39, 0.29) is 18.3 Å². The van der Waals surface area contributed by atoms with E-state index in [9.17, 15) is 0 Å². The molecule has 2 atom stereocenters. The average molecular weight is 299 g/mol. The number of halogens is 1. The molecule has 0 bridgehead atoms. The van der Waals surface area contributed by atoms with Gasteiger partial charge in [-0.2, -0.15) is 0 Å². The topological polar surface area (TPSA) is 43.4 Å².